The molecule has 4 N–H and O–H groups in total. The van der Waals surface area contributed by atoms with Crippen molar-refractivity contribution < 1.29 is 9.84 Å². The molecule has 0 aliphatic carbocycles. The Morgan fingerprint density at radius 2 is 1.94 bits per heavy atom. The molecule has 0 unspecified atom stereocenters. The number of methoxy groups -OCH3 is 1. The third-order valence-corrected chi connectivity index (χ3v) is 6.09. The van der Waals surface area contributed by atoms with Crippen molar-refractivity contribution in [3.63, 3.8) is 0 Å². The molecular formula is C22H27N7O2. The molecule has 1 fully saturated rings. The average molecular weight is 422 g/mol. The van der Waals surface area contributed by atoms with Crippen molar-refractivity contribution in [3.8, 4) is 17.0 Å². The number of rotatable bonds is 4. The van der Waals surface area contributed by atoms with Crippen LogP contribution in [0.25, 0.3) is 11.3 Å². The van der Waals surface area contributed by atoms with E-state index in [1.807, 2.05) is 30.3 Å². The number of para-hydroxylation sites is 1. The zero-order valence-corrected chi connectivity index (χ0v) is 17.6. The number of aliphatic hydroxyl groups excluding tert-OH is 1. The summed E-state index contributed by atoms with van der Waals surface area (Å²) in [6, 6.07) is 9.75. The number of aromatic amines is 1. The number of piperidine rings is 1. The predicted molar refractivity (Wildman–Crippen MR) is 119 cm³/mol. The summed E-state index contributed by atoms with van der Waals surface area (Å²) in [7, 11) is 1.68. The van der Waals surface area contributed by atoms with Gasteiger partial charge in [0.05, 0.1) is 13.2 Å². The zero-order chi connectivity index (χ0) is 21.4. The first kappa shape index (κ1) is 19.6. The van der Waals surface area contributed by atoms with Gasteiger partial charge in [0.25, 0.3) is 0 Å². The molecular weight excluding hydrogens is 394 g/mol. The fraction of sp³-hybridized carbons (Fsp3) is 0.409. The number of nitrogens with zero attached hydrogens (tertiary/aromatic N) is 5. The van der Waals surface area contributed by atoms with Crippen LogP contribution in [0.15, 0.2) is 30.3 Å². The molecule has 0 atom stereocenters. The highest BCUT2D eigenvalue weighted by Crippen LogP contribution is 2.35. The van der Waals surface area contributed by atoms with E-state index in [-0.39, 0.29) is 6.10 Å². The highest BCUT2D eigenvalue weighted by atomic mass is 16.5. The van der Waals surface area contributed by atoms with Crippen LogP contribution in [0, 0.1) is 0 Å². The van der Waals surface area contributed by atoms with Crippen LogP contribution in [0.3, 0.4) is 0 Å². The number of nitrogen functional groups attached to an aromatic ring is 1. The molecule has 0 saturated carbocycles. The highest BCUT2D eigenvalue weighted by molar-refractivity contribution is 5.71. The van der Waals surface area contributed by atoms with Gasteiger partial charge >= 0.3 is 0 Å². The maximum Gasteiger partial charge on any atom is 0.229 e. The molecule has 2 aliphatic heterocycles. The SMILES string of the molecule is COc1ccccc1-c1n[nH]c2c1CN(c1cc(N)nc(N3CCC(O)CC3)n1)CC2. The van der Waals surface area contributed by atoms with Crippen LogP contribution >= 0.6 is 0 Å². The lowest BCUT2D eigenvalue weighted by Crippen LogP contribution is -2.37. The summed E-state index contributed by atoms with van der Waals surface area (Å²) in [6.45, 7) is 2.95. The van der Waals surface area contributed by atoms with Gasteiger partial charge in [0.1, 0.15) is 23.1 Å². The van der Waals surface area contributed by atoms with Crippen molar-refractivity contribution in [2.75, 3.05) is 42.3 Å². The first-order valence-electron chi connectivity index (χ1n) is 10.6. The molecule has 1 aromatic carbocycles. The first-order chi connectivity index (χ1) is 15.1. The third kappa shape index (κ3) is 3.76. The number of benzene rings is 1. The summed E-state index contributed by atoms with van der Waals surface area (Å²) in [5.74, 6) is 2.69. The van der Waals surface area contributed by atoms with Gasteiger partial charge in [0.2, 0.25) is 5.95 Å². The number of fused-ring (bicyclic) bond motifs is 1. The molecule has 1 saturated heterocycles. The molecule has 0 amide bonds. The van der Waals surface area contributed by atoms with Gasteiger partial charge in [-0.15, -0.1) is 0 Å². The average Bonchev–Trinajstić information content (AvgIpc) is 3.22. The zero-order valence-electron chi connectivity index (χ0n) is 17.6. The molecule has 2 aromatic heterocycles. The third-order valence-electron chi connectivity index (χ3n) is 6.09. The molecule has 3 aromatic rings. The largest absolute Gasteiger partial charge is 0.496 e. The van der Waals surface area contributed by atoms with Crippen LogP contribution in [0.5, 0.6) is 5.75 Å². The fourth-order valence-electron chi connectivity index (χ4n) is 4.36. The molecule has 5 rings (SSSR count). The molecule has 4 heterocycles. The monoisotopic (exact) mass is 421 g/mol. The number of aliphatic hydroxyl groups is 1. The Morgan fingerprint density at radius 1 is 1.13 bits per heavy atom. The smallest absolute Gasteiger partial charge is 0.229 e. The van der Waals surface area contributed by atoms with Gasteiger partial charge in [-0.2, -0.15) is 15.1 Å². The van der Waals surface area contributed by atoms with E-state index in [0.717, 1.165) is 73.0 Å². The van der Waals surface area contributed by atoms with Crippen LogP contribution in [-0.4, -0.2) is 58.1 Å². The highest BCUT2D eigenvalue weighted by Gasteiger charge is 2.26. The Morgan fingerprint density at radius 3 is 2.74 bits per heavy atom. The minimum Gasteiger partial charge on any atom is -0.496 e. The van der Waals surface area contributed by atoms with Gasteiger partial charge in [-0.05, 0) is 25.0 Å². The van der Waals surface area contributed by atoms with Crippen molar-refractivity contribution in [2.24, 2.45) is 0 Å². The van der Waals surface area contributed by atoms with Gasteiger partial charge in [0, 0.05) is 55.5 Å². The quantitative estimate of drug-likeness (QED) is 0.586. The van der Waals surface area contributed by atoms with E-state index in [2.05, 4.69) is 25.0 Å². The number of anilines is 3. The van der Waals surface area contributed by atoms with E-state index in [4.69, 9.17) is 15.5 Å². The van der Waals surface area contributed by atoms with Gasteiger partial charge in [-0.1, -0.05) is 12.1 Å². The van der Waals surface area contributed by atoms with E-state index in [1.54, 1.807) is 7.11 Å². The number of aromatic nitrogens is 4. The van der Waals surface area contributed by atoms with Gasteiger partial charge in [-0.3, -0.25) is 5.10 Å². The van der Waals surface area contributed by atoms with E-state index >= 15 is 0 Å². The Labute approximate surface area is 180 Å². The summed E-state index contributed by atoms with van der Waals surface area (Å²) in [4.78, 5) is 13.6. The predicted octanol–water partition coefficient (Wildman–Crippen LogP) is 1.98. The molecule has 0 spiro atoms. The number of hydrogen-bond acceptors (Lipinski definition) is 8. The van der Waals surface area contributed by atoms with E-state index < -0.39 is 0 Å². The lowest BCUT2D eigenvalue weighted by molar-refractivity contribution is 0.145. The minimum atomic E-state index is -0.244. The summed E-state index contributed by atoms with van der Waals surface area (Å²) < 4.78 is 5.55. The minimum absolute atomic E-state index is 0.244. The lowest BCUT2D eigenvalue weighted by atomic mass is 10.0. The second-order valence-electron chi connectivity index (χ2n) is 8.07. The standard InChI is InChI=1S/C22H27N7O2/c1-31-18-5-3-2-4-15(18)21-16-13-29(11-8-17(16)26-27-21)20-12-19(23)24-22(25-20)28-9-6-14(30)7-10-28/h2-5,12,14,30H,6-11,13H2,1H3,(H,26,27)(H2,23,24,25). The topological polar surface area (TPSA) is 116 Å². The van der Waals surface area contributed by atoms with Crippen LogP contribution < -0.4 is 20.3 Å². The van der Waals surface area contributed by atoms with E-state index in [1.165, 1.54) is 0 Å². The van der Waals surface area contributed by atoms with Crippen molar-refractivity contribution >= 4 is 17.6 Å². The number of nitrogens with one attached hydrogen (secondary N) is 1. The van der Waals surface area contributed by atoms with E-state index in [9.17, 15) is 5.11 Å². The van der Waals surface area contributed by atoms with Crippen LogP contribution in [0.4, 0.5) is 17.6 Å². The number of H-pyrrole nitrogens is 1. The van der Waals surface area contributed by atoms with Crippen molar-refractivity contribution in [2.45, 2.75) is 31.9 Å². The van der Waals surface area contributed by atoms with E-state index in [0.29, 0.717) is 18.3 Å². The molecule has 9 nitrogen and oxygen atoms in total. The summed E-state index contributed by atoms with van der Waals surface area (Å²) in [5.41, 5.74) is 10.3. The summed E-state index contributed by atoms with van der Waals surface area (Å²) >= 11 is 0. The molecule has 2 aliphatic rings. The van der Waals surface area contributed by atoms with Gasteiger partial charge < -0.3 is 25.4 Å². The summed E-state index contributed by atoms with van der Waals surface area (Å²) in [5, 5.41) is 17.6. The van der Waals surface area contributed by atoms with Crippen molar-refractivity contribution in [1.29, 1.82) is 0 Å². The molecule has 0 radical (unpaired) electrons. The number of hydrogen-bond donors (Lipinski definition) is 3. The number of nitrogens with two attached hydrogens (primary N) is 1. The van der Waals surface area contributed by atoms with Crippen LogP contribution in [0.1, 0.15) is 24.1 Å². The molecule has 162 valence electrons. The molecule has 31 heavy (non-hydrogen) atoms. The molecule has 0 bridgehead atoms. The Balaban J connectivity index is 1.44. The van der Waals surface area contributed by atoms with Crippen LogP contribution in [0.2, 0.25) is 0 Å². The fourth-order valence-corrected chi connectivity index (χ4v) is 4.36. The molecule has 9 heteroatoms. The van der Waals surface area contributed by atoms with Crippen LogP contribution in [-0.2, 0) is 13.0 Å². The van der Waals surface area contributed by atoms with Gasteiger partial charge in [-0.25, -0.2) is 0 Å². The number of ether oxygens (including phenoxy) is 1. The lowest BCUT2D eigenvalue weighted by Gasteiger charge is -2.32. The normalized spacial score (nSPS) is 17.0. The second kappa shape index (κ2) is 8.07. The van der Waals surface area contributed by atoms with Gasteiger partial charge in [0.15, 0.2) is 0 Å². The Bertz CT molecular complexity index is 1080. The van der Waals surface area contributed by atoms with Crippen molar-refractivity contribution in [1.82, 2.24) is 20.2 Å². The second-order valence-corrected chi connectivity index (χ2v) is 8.07. The first-order valence-corrected chi connectivity index (χ1v) is 10.6. The maximum atomic E-state index is 9.80. The van der Waals surface area contributed by atoms with Crippen molar-refractivity contribution in [3.05, 3.63) is 41.6 Å². The Hall–Kier alpha value is -3.33. The Kier molecular flexibility index (Phi) is 5.11. The maximum absolute atomic E-state index is 9.80. The summed E-state index contributed by atoms with van der Waals surface area (Å²) in [6.07, 6.45) is 2.04.